The number of carboxylic acids is 1. The zero-order valence-corrected chi connectivity index (χ0v) is 14.9. The monoisotopic (exact) mass is 372 g/mol. The van der Waals surface area contributed by atoms with E-state index in [1.807, 2.05) is 11.5 Å². The summed E-state index contributed by atoms with van der Waals surface area (Å²) < 4.78 is 12.6. The molecule has 1 saturated heterocycles. The van der Waals surface area contributed by atoms with Gasteiger partial charge < -0.3 is 24.0 Å². The highest BCUT2D eigenvalue weighted by Gasteiger charge is 2.29. The lowest BCUT2D eigenvalue weighted by Crippen LogP contribution is -2.42. The third-order valence-corrected chi connectivity index (χ3v) is 5.28. The number of hydrogen-bond acceptors (Lipinski definition) is 5. The van der Waals surface area contributed by atoms with E-state index >= 15 is 0 Å². The van der Waals surface area contributed by atoms with Crippen LogP contribution < -0.4 is 14.9 Å². The van der Waals surface area contributed by atoms with Crippen LogP contribution in [0.3, 0.4) is 0 Å². The van der Waals surface area contributed by atoms with E-state index in [2.05, 4.69) is 0 Å². The van der Waals surface area contributed by atoms with Gasteiger partial charge in [0.25, 0.3) is 5.91 Å². The summed E-state index contributed by atoms with van der Waals surface area (Å²) >= 11 is 0. The molecule has 0 spiro atoms. The zero-order chi connectivity index (χ0) is 19.1. The molecule has 8 heteroatoms. The van der Waals surface area contributed by atoms with Crippen LogP contribution in [-0.2, 0) is 11.3 Å². The topological polar surface area (TPSA) is 98.1 Å². The number of aromatic nitrogens is 1. The van der Waals surface area contributed by atoms with E-state index in [0.717, 1.165) is 0 Å². The number of hydrogen-bond donors (Lipinski definition) is 1. The van der Waals surface area contributed by atoms with Gasteiger partial charge in [0, 0.05) is 31.9 Å². The van der Waals surface area contributed by atoms with Gasteiger partial charge in [-0.1, -0.05) is 0 Å². The van der Waals surface area contributed by atoms with Crippen molar-refractivity contribution < 1.29 is 24.2 Å². The van der Waals surface area contributed by atoms with Gasteiger partial charge in [-0.25, -0.2) is 0 Å². The molecule has 0 saturated carbocycles. The van der Waals surface area contributed by atoms with E-state index in [4.69, 9.17) is 14.6 Å². The van der Waals surface area contributed by atoms with Crippen molar-refractivity contribution in [2.45, 2.75) is 26.3 Å². The third kappa shape index (κ3) is 2.90. The van der Waals surface area contributed by atoms with E-state index in [1.54, 1.807) is 23.2 Å². The molecule has 0 aliphatic carbocycles. The van der Waals surface area contributed by atoms with Crippen LogP contribution in [0, 0.1) is 5.92 Å². The first kappa shape index (κ1) is 17.4. The average Bonchev–Trinajstić information content (AvgIpc) is 3.14. The molecule has 1 aromatic carbocycles. The molecule has 1 N–H and O–H groups in total. The minimum atomic E-state index is -0.836. The Hall–Kier alpha value is -3.03. The number of amides is 1. The maximum atomic E-state index is 13.0. The van der Waals surface area contributed by atoms with Crippen molar-refractivity contribution in [1.82, 2.24) is 9.47 Å². The van der Waals surface area contributed by atoms with Gasteiger partial charge in [0.1, 0.15) is 5.56 Å². The standard InChI is InChI=1S/C19H20N2O6/c1-2-20-9-13(18(23)21-5-3-11(4-6-21)19(24)25)17(22)12-7-15-16(8-14(12)20)27-10-26-15/h7-9,11H,2-6,10H2,1H3,(H,24,25). The van der Waals surface area contributed by atoms with E-state index < -0.39 is 11.9 Å². The van der Waals surface area contributed by atoms with Crippen molar-refractivity contribution in [3.63, 3.8) is 0 Å². The molecule has 2 aromatic rings. The summed E-state index contributed by atoms with van der Waals surface area (Å²) in [4.78, 5) is 38.6. The van der Waals surface area contributed by atoms with Crippen LogP contribution >= 0.6 is 0 Å². The fourth-order valence-electron chi connectivity index (χ4n) is 3.69. The average molecular weight is 372 g/mol. The van der Waals surface area contributed by atoms with Gasteiger partial charge in [0.2, 0.25) is 12.2 Å². The molecule has 4 rings (SSSR count). The number of aryl methyl sites for hydroxylation is 1. The number of benzene rings is 1. The summed E-state index contributed by atoms with van der Waals surface area (Å²) in [6, 6.07) is 3.38. The molecular formula is C19H20N2O6. The molecule has 8 nitrogen and oxygen atoms in total. The van der Waals surface area contributed by atoms with Crippen LogP contribution in [0.15, 0.2) is 23.1 Å². The Labute approximate surface area is 154 Å². The normalized spacial score (nSPS) is 16.7. The van der Waals surface area contributed by atoms with Crippen molar-refractivity contribution in [1.29, 1.82) is 0 Å². The smallest absolute Gasteiger partial charge is 0.306 e. The quantitative estimate of drug-likeness (QED) is 0.880. The Morgan fingerprint density at radius 2 is 1.85 bits per heavy atom. The van der Waals surface area contributed by atoms with E-state index in [9.17, 15) is 14.4 Å². The number of likely N-dealkylation sites (tertiary alicyclic amines) is 1. The Morgan fingerprint density at radius 3 is 2.48 bits per heavy atom. The van der Waals surface area contributed by atoms with Crippen LogP contribution in [-0.4, -0.2) is 46.3 Å². The highest BCUT2D eigenvalue weighted by molar-refractivity contribution is 5.98. The number of carboxylic acid groups (broad SMARTS) is 1. The number of aliphatic carboxylic acids is 1. The lowest BCUT2D eigenvalue weighted by Gasteiger charge is -2.30. The minimum absolute atomic E-state index is 0.0944. The first-order chi connectivity index (χ1) is 13.0. The first-order valence-electron chi connectivity index (χ1n) is 8.98. The second kappa shape index (κ2) is 6.61. The molecule has 0 atom stereocenters. The number of nitrogens with zero attached hydrogens (tertiary/aromatic N) is 2. The number of carbonyl (C=O) groups excluding carboxylic acids is 1. The SMILES string of the molecule is CCn1cc(C(=O)N2CCC(C(=O)O)CC2)c(=O)c2cc3c(cc21)OCO3. The molecule has 0 unspecified atom stereocenters. The molecule has 1 fully saturated rings. The van der Waals surface area contributed by atoms with Gasteiger partial charge in [-0.15, -0.1) is 0 Å². The van der Waals surface area contributed by atoms with Crippen LogP contribution in [0.5, 0.6) is 11.5 Å². The maximum Gasteiger partial charge on any atom is 0.306 e. The van der Waals surface area contributed by atoms with Crippen molar-refractivity contribution in [2.24, 2.45) is 5.92 Å². The molecule has 3 heterocycles. The number of carbonyl (C=O) groups is 2. The summed E-state index contributed by atoms with van der Waals surface area (Å²) in [5, 5.41) is 9.52. The Morgan fingerprint density at radius 1 is 1.19 bits per heavy atom. The number of rotatable bonds is 3. The number of ether oxygens (including phenoxy) is 2. The van der Waals surface area contributed by atoms with Gasteiger partial charge in [-0.05, 0) is 25.8 Å². The van der Waals surface area contributed by atoms with Gasteiger partial charge in [-0.2, -0.15) is 0 Å². The predicted molar refractivity (Wildman–Crippen MR) is 96.3 cm³/mol. The molecule has 1 amide bonds. The lowest BCUT2D eigenvalue weighted by atomic mass is 9.96. The fraction of sp³-hybridized carbons (Fsp3) is 0.421. The van der Waals surface area contributed by atoms with Crippen LogP contribution in [0.25, 0.3) is 10.9 Å². The predicted octanol–water partition coefficient (Wildman–Crippen LogP) is 1.69. The number of pyridine rings is 1. The molecule has 142 valence electrons. The second-order valence-electron chi connectivity index (χ2n) is 6.79. The van der Waals surface area contributed by atoms with Crippen molar-refractivity contribution in [3.8, 4) is 11.5 Å². The largest absolute Gasteiger partial charge is 0.481 e. The van der Waals surface area contributed by atoms with Crippen LogP contribution in [0.4, 0.5) is 0 Å². The molecule has 2 aliphatic rings. The van der Waals surface area contributed by atoms with E-state index in [1.165, 1.54) is 0 Å². The summed E-state index contributed by atoms with van der Waals surface area (Å²) in [6.07, 6.45) is 2.38. The highest BCUT2D eigenvalue weighted by atomic mass is 16.7. The van der Waals surface area contributed by atoms with Gasteiger partial charge in [0.15, 0.2) is 11.5 Å². The fourth-order valence-corrected chi connectivity index (χ4v) is 3.69. The third-order valence-electron chi connectivity index (χ3n) is 5.28. The highest BCUT2D eigenvalue weighted by Crippen LogP contribution is 2.35. The Balaban J connectivity index is 1.73. The molecule has 27 heavy (non-hydrogen) atoms. The van der Waals surface area contributed by atoms with Gasteiger partial charge >= 0.3 is 5.97 Å². The Kier molecular flexibility index (Phi) is 4.25. The molecular weight excluding hydrogens is 352 g/mol. The lowest BCUT2D eigenvalue weighted by molar-refractivity contribution is -0.143. The summed E-state index contributed by atoms with van der Waals surface area (Å²) in [6.45, 7) is 3.29. The molecule has 0 bridgehead atoms. The number of piperidine rings is 1. The first-order valence-corrected chi connectivity index (χ1v) is 8.98. The zero-order valence-electron chi connectivity index (χ0n) is 14.9. The summed E-state index contributed by atoms with van der Waals surface area (Å²) in [5.41, 5.74) is 0.434. The minimum Gasteiger partial charge on any atom is -0.481 e. The van der Waals surface area contributed by atoms with Crippen molar-refractivity contribution in [3.05, 3.63) is 34.1 Å². The summed E-state index contributed by atoms with van der Waals surface area (Å²) in [5.74, 6) is -0.548. The number of fused-ring (bicyclic) bond motifs is 2. The Bertz CT molecular complexity index is 988. The van der Waals surface area contributed by atoms with Gasteiger partial charge in [-0.3, -0.25) is 14.4 Å². The van der Waals surface area contributed by atoms with E-state index in [-0.39, 0.29) is 23.7 Å². The van der Waals surface area contributed by atoms with Crippen LogP contribution in [0.2, 0.25) is 0 Å². The molecule has 2 aliphatic heterocycles. The van der Waals surface area contributed by atoms with E-state index in [0.29, 0.717) is 54.9 Å². The second-order valence-corrected chi connectivity index (χ2v) is 6.79. The van der Waals surface area contributed by atoms with Crippen molar-refractivity contribution in [2.75, 3.05) is 19.9 Å². The van der Waals surface area contributed by atoms with Gasteiger partial charge in [0.05, 0.1) is 16.8 Å². The molecule has 0 radical (unpaired) electrons. The summed E-state index contributed by atoms with van der Waals surface area (Å²) in [7, 11) is 0. The van der Waals surface area contributed by atoms with Crippen molar-refractivity contribution >= 4 is 22.8 Å². The van der Waals surface area contributed by atoms with Crippen LogP contribution in [0.1, 0.15) is 30.1 Å². The molecule has 1 aromatic heterocycles. The maximum absolute atomic E-state index is 13.0.